The van der Waals surface area contributed by atoms with Crippen molar-refractivity contribution >= 4 is 0 Å². The van der Waals surface area contributed by atoms with Gasteiger partial charge in [-0.05, 0) is 49.9 Å². The second-order valence-electron chi connectivity index (χ2n) is 5.68. The molecular weight excluding hydrogens is 258 g/mol. The van der Waals surface area contributed by atoms with Crippen LogP contribution in [0.2, 0.25) is 0 Å². The maximum absolute atomic E-state index is 4.53. The minimum Gasteiger partial charge on any atom is -0.310 e. The van der Waals surface area contributed by atoms with Crippen LogP contribution >= 0.6 is 0 Å². The molecule has 0 aliphatic heterocycles. The average molecular weight is 285 g/mol. The van der Waals surface area contributed by atoms with Crippen molar-refractivity contribution in [3.63, 3.8) is 0 Å². The van der Waals surface area contributed by atoms with Gasteiger partial charge in [0.15, 0.2) is 0 Å². The second-order valence-corrected chi connectivity index (χ2v) is 5.68. The summed E-state index contributed by atoms with van der Waals surface area (Å²) in [7, 11) is 2.02. The number of aromatic nitrogens is 2. The number of hydrogen-bond acceptors (Lipinski definition) is 2. The molecule has 3 nitrogen and oxygen atoms in total. The Balaban J connectivity index is 2.25. The van der Waals surface area contributed by atoms with Crippen molar-refractivity contribution in [2.45, 2.75) is 46.6 Å². The quantitative estimate of drug-likeness (QED) is 0.880. The van der Waals surface area contributed by atoms with E-state index in [1.54, 1.807) is 0 Å². The van der Waals surface area contributed by atoms with Gasteiger partial charge in [-0.25, -0.2) is 0 Å². The molecule has 0 spiro atoms. The fourth-order valence-corrected chi connectivity index (χ4v) is 2.86. The van der Waals surface area contributed by atoms with E-state index < -0.39 is 0 Å². The molecule has 1 aromatic carbocycles. The zero-order valence-electron chi connectivity index (χ0n) is 13.9. The van der Waals surface area contributed by atoms with Gasteiger partial charge < -0.3 is 5.32 Å². The summed E-state index contributed by atoms with van der Waals surface area (Å²) in [6.45, 7) is 9.58. The molecule has 0 aliphatic carbocycles. The molecule has 0 saturated carbocycles. The number of aryl methyl sites for hydroxylation is 3. The van der Waals surface area contributed by atoms with Crippen molar-refractivity contribution in [1.82, 2.24) is 15.1 Å². The Kier molecular flexibility index (Phi) is 5.18. The van der Waals surface area contributed by atoms with E-state index in [9.17, 15) is 0 Å². The zero-order chi connectivity index (χ0) is 15.4. The molecule has 0 saturated heterocycles. The molecular formula is C18H27N3. The molecule has 0 aliphatic rings. The molecule has 0 bridgehead atoms. The van der Waals surface area contributed by atoms with Crippen LogP contribution in [0.15, 0.2) is 24.3 Å². The second kappa shape index (κ2) is 6.90. The van der Waals surface area contributed by atoms with E-state index in [-0.39, 0.29) is 0 Å². The minimum atomic E-state index is 0.350. The van der Waals surface area contributed by atoms with Crippen LogP contribution in [0.1, 0.15) is 48.0 Å². The first-order valence-corrected chi connectivity index (χ1v) is 7.88. The third-order valence-corrected chi connectivity index (χ3v) is 4.31. The third kappa shape index (κ3) is 3.53. The molecule has 1 aromatic heterocycles. The fraction of sp³-hybridized carbons (Fsp3) is 0.500. The van der Waals surface area contributed by atoms with Crippen molar-refractivity contribution in [1.29, 1.82) is 0 Å². The molecule has 2 aromatic rings. The van der Waals surface area contributed by atoms with E-state index in [1.807, 2.05) is 11.7 Å². The minimum absolute atomic E-state index is 0.350. The summed E-state index contributed by atoms with van der Waals surface area (Å²) in [4.78, 5) is 0. The molecule has 1 atom stereocenters. The molecule has 0 fully saturated rings. The lowest BCUT2D eigenvalue weighted by Gasteiger charge is -2.19. The van der Waals surface area contributed by atoms with Crippen LogP contribution in [0.5, 0.6) is 0 Å². The summed E-state index contributed by atoms with van der Waals surface area (Å²) >= 11 is 0. The number of hydrogen-bond donors (Lipinski definition) is 1. The van der Waals surface area contributed by atoms with Crippen molar-refractivity contribution < 1.29 is 0 Å². The third-order valence-electron chi connectivity index (χ3n) is 4.31. The first-order chi connectivity index (χ1) is 10.1. The van der Waals surface area contributed by atoms with E-state index in [2.05, 4.69) is 62.4 Å². The van der Waals surface area contributed by atoms with E-state index >= 15 is 0 Å². The molecule has 0 amide bonds. The van der Waals surface area contributed by atoms with Gasteiger partial charge in [0.25, 0.3) is 0 Å². The van der Waals surface area contributed by atoms with Crippen LogP contribution in [0.4, 0.5) is 0 Å². The van der Waals surface area contributed by atoms with Crippen molar-refractivity contribution in [3.8, 4) is 0 Å². The van der Waals surface area contributed by atoms with Crippen molar-refractivity contribution in [2.24, 2.45) is 7.05 Å². The maximum Gasteiger partial charge on any atom is 0.0629 e. The first kappa shape index (κ1) is 15.8. The van der Waals surface area contributed by atoms with Gasteiger partial charge in [-0.15, -0.1) is 0 Å². The van der Waals surface area contributed by atoms with Gasteiger partial charge in [0.05, 0.1) is 5.69 Å². The number of rotatable bonds is 6. The van der Waals surface area contributed by atoms with Gasteiger partial charge in [-0.1, -0.05) is 38.1 Å². The van der Waals surface area contributed by atoms with E-state index in [1.165, 1.54) is 22.4 Å². The van der Waals surface area contributed by atoms with E-state index in [0.29, 0.717) is 6.04 Å². The van der Waals surface area contributed by atoms with E-state index in [0.717, 1.165) is 25.1 Å². The normalized spacial score (nSPS) is 12.6. The Morgan fingerprint density at radius 3 is 2.29 bits per heavy atom. The SMILES string of the molecule is CCNC(Cc1c(C)nn(C)c1C)c1ccc(CC)cc1. The van der Waals surface area contributed by atoms with Crippen LogP contribution < -0.4 is 5.32 Å². The summed E-state index contributed by atoms with van der Waals surface area (Å²) in [5.41, 5.74) is 6.52. The van der Waals surface area contributed by atoms with Gasteiger partial charge in [0, 0.05) is 18.8 Å². The molecule has 1 N–H and O–H groups in total. The summed E-state index contributed by atoms with van der Waals surface area (Å²) < 4.78 is 1.98. The van der Waals surface area contributed by atoms with Gasteiger partial charge in [-0.3, -0.25) is 4.68 Å². The Labute approximate surface area is 128 Å². The Hall–Kier alpha value is -1.61. The monoisotopic (exact) mass is 285 g/mol. The highest BCUT2D eigenvalue weighted by Crippen LogP contribution is 2.23. The lowest BCUT2D eigenvalue weighted by Crippen LogP contribution is -2.23. The van der Waals surface area contributed by atoms with Crippen molar-refractivity contribution in [2.75, 3.05) is 6.54 Å². The van der Waals surface area contributed by atoms with Gasteiger partial charge in [0.1, 0.15) is 0 Å². The summed E-state index contributed by atoms with van der Waals surface area (Å²) in [5, 5.41) is 8.15. The molecule has 21 heavy (non-hydrogen) atoms. The molecule has 1 heterocycles. The highest BCUT2D eigenvalue weighted by molar-refractivity contribution is 5.30. The highest BCUT2D eigenvalue weighted by atomic mass is 15.3. The molecule has 1 unspecified atom stereocenters. The van der Waals surface area contributed by atoms with Gasteiger partial charge in [-0.2, -0.15) is 5.10 Å². The molecule has 3 heteroatoms. The van der Waals surface area contributed by atoms with Crippen LogP contribution in [0, 0.1) is 13.8 Å². The summed E-state index contributed by atoms with van der Waals surface area (Å²) in [5.74, 6) is 0. The first-order valence-electron chi connectivity index (χ1n) is 7.88. The lowest BCUT2D eigenvalue weighted by molar-refractivity contribution is 0.547. The fourth-order valence-electron chi connectivity index (χ4n) is 2.86. The Morgan fingerprint density at radius 1 is 1.14 bits per heavy atom. The average Bonchev–Trinajstić information content (AvgIpc) is 2.73. The predicted molar refractivity (Wildman–Crippen MR) is 88.6 cm³/mol. The van der Waals surface area contributed by atoms with E-state index in [4.69, 9.17) is 0 Å². The van der Waals surface area contributed by atoms with Crippen LogP contribution in [0.3, 0.4) is 0 Å². The van der Waals surface area contributed by atoms with Crippen LogP contribution in [0.25, 0.3) is 0 Å². The highest BCUT2D eigenvalue weighted by Gasteiger charge is 2.17. The maximum atomic E-state index is 4.53. The number of nitrogens with zero attached hydrogens (tertiary/aromatic N) is 2. The molecule has 0 radical (unpaired) electrons. The van der Waals surface area contributed by atoms with Crippen LogP contribution in [-0.4, -0.2) is 16.3 Å². The molecule has 114 valence electrons. The molecule has 2 rings (SSSR count). The Morgan fingerprint density at radius 2 is 1.81 bits per heavy atom. The van der Waals surface area contributed by atoms with Gasteiger partial charge >= 0.3 is 0 Å². The summed E-state index contributed by atoms with van der Waals surface area (Å²) in [6, 6.07) is 9.34. The predicted octanol–water partition coefficient (Wildman–Crippen LogP) is 3.49. The Bertz CT molecular complexity index is 581. The zero-order valence-corrected chi connectivity index (χ0v) is 13.9. The topological polar surface area (TPSA) is 29.9 Å². The smallest absolute Gasteiger partial charge is 0.0629 e. The summed E-state index contributed by atoms with van der Waals surface area (Å²) in [6.07, 6.45) is 2.08. The largest absolute Gasteiger partial charge is 0.310 e. The number of nitrogens with one attached hydrogen (secondary N) is 1. The van der Waals surface area contributed by atoms with Crippen LogP contribution in [-0.2, 0) is 19.9 Å². The number of likely N-dealkylation sites (N-methyl/N-ethyl adjacent to an activating group) is 1. The lowest BCUT2D eigenvalue weighted by atomic mass is 9.96. The standard InChI is InChI=1S/C18H27N3/c1-6-15-8-10-16(11-9-15)18(19-7-2)12-17-13(3)20-21(5)14(17)4/h8-11,18-19H,6-7,12H2,1-5H3. The van der Waals surface area contributed by atoms with Gasteiger partial charge in [0.2, 0.25) is 0 Å². The number of benzene rings is 1. The van der Waals surface area contributed by atoms with Crippen molar-refractivity contribution in [3.05, 3.63) is 52.3 Å².